The van der Waals surface area contributed by atoms with Crippen molar-refractivity contribution in [1.29, 1.82) is 0 Å². The highest BCUT2D eigenvalue weighted by molar-refractivity contribution is 5.94. The molecule has 1 heterocycles. The molecular weight excluding hydrogens is 525 g/mol. The van der Waals surface area contributed by atoms with Crippen molar-refractivity contribution in [2.24, 2.45) is 0 Å². The smallest absolute Gasteiger partial charge is 0.416 e. The minimum atomic E-state index is -4.57. The number of hydrogen-bond donors (Lipinski definition) is 2. The van der Waals surface area contributed by atoms with Gasteiger partial charge in [0.25, 0.3) is 5.91 Å². The van der Waals surface area contributed by atoms with Gasteiger partial charge in [-0.15, -0.1) is 0 Å². The Morgan fingerprint density at radius 2 is 1.75 bits per heavy atom. The predicted molar refractivity (Wildman–Crippen MR) is 141 cm³/mol. The fourth-order valence-electron chi connectivity index (χ4n) is 4.09. The number of aromatic nitrogens is 1. The number of carbonyl (C=O) groups excluding carboxylic acids is 1. The van der Waals surface area contributed by atoms with Gasteiger partial charge in [0.1, 0.15) is 11.5 Å². The first-order chi connectivity index (χ1) is 19.1. The number of carbonyl (C=O) groups is 2. The molecule has 40 heavy (non-hydrogen) atoms. The van der Waals surface area contributed by atoms with E-state index >= 15 is 0 Å². The molecule has 0 saturated carbocycles. The molecule has 3 aromatic carbocycles. The summed E-state index contributed by atoms with van der Waals surface area (Å²) in [6, 6.07) is 18.8. The molecule has 4 aromatic rings. The van der Waals surface area contributed by atoms with Gasteiger partial charge in [-0.25, -0.2) is 4.98 Å². The maximum absolute atomic E-state index is 13.0. The average molecular weight is 553 g/mol. The van der Waals surface area contributed by atoms with Crippen LogP contribution in [0, 0.1) is 6.92 Å². The van der Waals surface area contributed by atoms with E-state index in [4.69, 9.17) is 14.3 Å². The van der Waals surface area contributed by atoms with Gasteiger partial charge in [-0.2, -0.15) is 13.2 Å². The number of ether oxygens (including phenoxy) is 1. The van der Waals surface area contributed by atoms with E-state index in [-0.39, 0.29) is 31.6 Å². The summed E-state index contributed by atoms with van der Waals surface area (Å²) >= 11 is 0. The van der Waals surface area contributed by atoms with Gasteiger partial charge in [-0.1, -0.05) is 30.3 Å². The van der Waals surface area contributed by atoms with Crippen molar-refractivity contribution >= 4 is 11.9 Å². The fourth-order valence-corrected chi connectivity index (χ4v) is 4.09. The molecule has 0 aliphatic heterocycles. The van der Waals surface area contributed by atoms with Crippen LogP contribution in [0.4, 0.5) is 13.2 Å². The van der Waals surface area contributed by atoms with Gasteiger partial charge in [0.05, 0.1) is 17.9 Å². The highest BCUT2D eigenvalue weighted by Gasteiger charge is 2.30. The fraction of sp³-hybridized carbons (Fsp3) is 0.233. The monoisotopic (exact) mass is 552 g/mol. The largest absolute Gasteiger partial charge is 0.493 e. The number of nitrogens with one attached hydrogen (secondary N) is 1. The molecule has 1 amide bonds. The molecule has 2 N–H and O–H groups in total. The molecule has 10 heteroatoms. The molecule has 208 valence electrons. The number of nitrogens with zero attached hydrogens (tertiary/aromatic N) is 1. The van der Waals surface area contributed by atoms with Crippen LogP contribution in [0.1, 0.15) is 44.9 Å². The van der Waals surface area contributed by atoms with Crippen LogP contribution in [-0.2, 0) is 30.4 Å². The van der Waals surface area contributed by atoms with Crippen LogP contribution in [-0.4, -0.2) is 28.6 Å². The molecule has 0 atom stereocenters. The third-order valence-corrected chi connectivity index (χ3v) is 6.20. The standard InChI is InChI=1S/C30H27F3N2O5/c1-19-26(35-29(40-19)21-6-3-2-4-7-21)14-15-39-25-12-10-20(11-13-27(36)37)23(17-25)18-34-28(38)22-8-5-9-24(16-22)30(31,32)33/h2-10,12,16-17H,11,13-15,18H2,1H3,(H,34,38)(H,36,37). The van der Waals surface area contributed by atoms with Crippen molar-refractivity contribution in [3.63, 3.8) is 0 Å². The van der Waals surface area contributed by atoms with Crippen LogP contribution in [0.25, 0.3) is 11.5 Å². The Kier molecular flexibility index (Phi) is 8.88. The Morgan fingerprint density at radius 1 is 0.975 bits per heavy atom. The van der Waals surface area contributed by atoms with E-state index in [2.05, 4.69) is 10.3 Å². The summed E-state index contributed by atoms with van der Waals surface area (Å²) in [7, 11) is 0. The second-order valence-electron chi connectivity index (χ2n) is 9.07. The summed E-state index contributed by atoms with van der Waals surface area (Å²) in [6.45, 7) is 2.09. The quantitative estimate of drug-likeness (QED) is 0.229. The van der Waals surface area contributed by atoms with Gasteiger partial charge in [0, 0.05) is 30.5 Å². The number of halogens is 3. The molecular formula is C30H27F3N2O5. The molecule has 0 bridgehead atoms. The number of aryl methyl sites for hydroxylation is 2. The van der Waals surface area contributed by atoms with E-state index in [0.29, 0.717) is 34.9 Å². The van der Waals surface area contributed by atoms with Crippen molar-refractivity contribution < 1.29 is 37.0 Å². The van der Waals surface area contributed by atoms with Crippen LogP contribution < -0.4 is 10.1 Å². The van der Waals surface area contributed by atoms with Crippen LogP contribution in [0.15, 0.2) is 77.2 Å². The maximum atomic E-state index is 13.0. The van der Waals surface area contributed by atoms with Gasteiger partial charge in [-0.3, -0.25) is 9.59 Å². The van der Waals surface area contributed by atoms with Crippen molar-refractivity contribution in [3.8, 4) is 17.2 Å². The zero-order chi connectivity index (χ0) is 28.7. The van der Waals surface area contributed by atoms with Crippen LogP contribution >= 0.6 is 0 Å². The molecule has 7 nitrogen and oxygen atoms in total. The minimum Gasteiger partial charge on any atom is -0.493 e. The van der Waals surface area contributed by atoms with Gasteiger partial charge in [0.15, 0.2) is 0 Å². The van der Waals surface area contributed by atoms with Crippen LogP contribution in [0.3, 0.4) is 0 Å². The first-order valence-corrected chi connectivity index (χ1v) is 12.5. The number of aliphatic carboxylic acids is 1. The number of hydrogen-bond acceptors (Lipinski definition) is 5. The molecule has 4 rings (SSSR count). The molecule has 1 aromatic heterocycles. The lowest BCUT2D eigenvalue weighted by Gasteiger charge is -2.14. The van der Waals surface area contributed by atoms with Crippen LogP contribution in [0.5, 0.6) is 5.75 Å². The summed E-state index contributed by atoms with van der Waals surface area (Å²) in [6.07, 6.45) is -4.00. The van der Waals surface area contributed by atoms with Gasteiger partial charge >= 0.3 is 12.1 Å². The Bertz CT molecular complexity index is 1480. The summed E-state index contributed by atoms with van der Waals surface area (Å²) < 4.78 is 50.8. The zero-order valence-electron chi connectivity index (χ0n) is 21.6. The summed E-state index contributed by atoms with van der Waals surface area (Å²) in [5.41, 5.74) is 1.85. The second kappa shape index (κ2) is 12.5. The van der Waals surface area contributed by atoms with E-state index in [0.717, 1.165) is 23.4 Å². The van der Waals surface area contributed by atoms with Crippen molar-refractivity contribution in [1.82, 2.24) is 10.3 Å². The molecule has 0 aliphatic rings. The third-order valence-electron chi connectivity index (χ3n) is 6.20. The number of carboxylic acids is 1. The number of rotatable bonds is 11. The maximum Gasteiger partial charge on any atom is 0.416 e. The number of oxazole rings is 1. The van der Waals surface area contributed by atoms with E-state index in [1.807, 2.05) is 37.3 Å². The van der Waals surface area contributed by atoms with E-state index < -0.39 is 23.6 Å². The first kappa shape index (κ1) is 28.4. The molecule has 0 spiro atoms. The summed E-state index contributed by atoms with van der Waals surface area (Å²) in [5.74, 6) is 0.0421. The highest BCUT2D eigenvalue weighted by Crippen LogP contribution is 2.29. The Balaban J connectivity index is 1.43. The van der Waals surface area contributed by atoms with Crippen LogP contribution in [0.2, 0.25) is 0 Å². The number of alkyl halides is 3. The van der Waals surface area contributed by atoms with E-state index in [1.54, 1.807) is 18.2 Å². The number of carboxylic acid groups (broad SMARTS) is 1. The minimum absolute atomic E-state index is 0.0237. The van der Waals surface area contributed by atoms with Gasteiger partial charge in [-0.05, 0) is 66.9 Å². The van der Waals surface area contributed by atoms with Crippen molar-refractivity contribution in [3.05, 3.63) is 107 Å². The topological polar surface area (TPSA) is 102 Å². The molecule has 0 radical (unpaired) electrons. The lowest BCUT2D eigenvalue weighted by Crippen LogP contribution is -2.24. The lowest BCUT2D eigenvalue weighted by molar-refractivity contribution is -0.138. The SMILES string of the molecule is Cc1oc(-c2ccccc2)nc1CCOc1ccc(CCC(=O)O)c(CNC(=O)c2cccc(C(F)(F)F)c2)c1. The van der Waals surface area contributed by atoms with E-state index in [9.17, 15) is 22.8 Å². The van der Waals surface area contributed by atoms with Crippen molar-refractivity contribution in [2.75, 3.05) is 6.61 Å². The number of amides is 1. The predicted octanol–water partition coefficient (Wildman–Crippen LogP) is 6.24. The zero-order valence-corrected chi connectivity index (χ0v) is 21.6. The van der Waals surface area contributed by atoms with Gasteiger partial charge in [0.2, 0.25) is 5.89 Å². The molecule has 0 fully saturated rings. The first-order valence-electron chi connectivity index (χ1n) is 12.5. The third kappa shape index (κ3) is 7.49. The Morgan fingerprint density at radius 3 is 2.48 bits per heavy atom. The van der Waals surface area contributed by atoms with Gasteiger partial charge < -0.3 is 19.6 Å². The number of benzene rings is 3. The van der Waals surface area contributed by atoms with E-state index in [1.165, 1.54) is 12.1 Å². The van der Waals surface area contributed by atoms with Crippen molar-refractivity contribution in [2.45, 2.75) is 38.9 Å². The normalized spacial score (nSPS) is 11.3. The Labute approximate surface area is 228 Å². The Hall–Kier alpha value is -4.60. The molecule has 0 saturated heterocycles. The average Bonchev–Trinajstić information content (AvgIpc) is 3.31. The molecule has 0 aliphatic carbocycles. The molecule has 0 unspecified atom stereocenters. The highest BCUT2D eigenvalue weighted by atomic mass is 19.4. The summed E-state index contributed by atoms with van der Waals surface area (Å²) in [5, 5.41) is 11.7. The summed E-state index contributed by atoms with van der Waals surface area (Å²) in [4.78, 5) is 28.3. The second-order valence-corrected chi connectivity index (χ2v) is 9.07. The lowest BCUT2D eigenvalue weighted by atomic mass is 10.0.